The lowest BCUT2D eigenvalue weighted by atomic mass is 10.1. The number of hydrogen-bond donors (Lipinski definition) is 1. The SMILES string of the molecule is Cc1ccc(OC2CCN(c3ccc(CN)cc3)CC2)cc1. The largest absolute Gasteiger partial charge is 0.490 e. The first-order valence-corrected chi connectivity index (χ1v) is 8.02. The molecule has 1 aliphatic rings. The van der Waals surface area contributed by atoms with Crippen LogP contribution in [-0.2, 0) is 6.54 Å². The minimum absolute atomic E-state index is 0.322. The zero-order chi connectivity index (χ0) is 15.4. The first-order chi connectivity index (χ1) is 10.7. The van der Waals surface area contributed by atoms with Crippen LogP contribution in [-0.4, -0.2) is 19.2 Å². The average Bonchev–Trinajstić information content (AvgIpc) is 2.58. The van der Waals surface area contributed by atoms with E-state index in [0.29, 0.717) is 12.6 Å². The highest BCUT2D eigenvalue weighted by Gasteiger charge is 2.20. The van der Waals surface area contributed by atoms with Crippen LogP contribution in [0, 0.1) is 6.92 Å². The number of nitrogens with zero attached hydrogens (tertiary/aromatic N) is 1. The van der Waals surface area contributed by atoms with Crippen molar-refractivity contribution in [1.82, 2.24) is 0 Å². The normalized spacial score (nSPS) is 15.8. The van der Waals surface area contributed by atoms with Gasteiger partial charge in [-0.05, 0) is 36.8 Å². The van der Waals surface area contributed by atoms with Crippen molar-refractivity contribution >= 4 is 5.69 Å². The summed E-state index contributed by atoms with van der Waals surface area (Å²) < 4.78 is 6.09. The van der Waals surface area contributed by atoms with Gasteiger partial charge in [0.05, 0.1) is 0 Å². The molecule has 0 aromatic heterocycles. The van der Waals surface area contributed by atoms with E-state index < -0.39 is 0 Å². The predicted molar refractivity (Wildman–Crippen MR) is 91.4 cm³/mol. The molecule has 3 rings (SSSR count). The maximum Gasteiger partial charge on any atom is 0.119 e. The monoisotopic (exact) mass is 296 g/mol. The second kappa shape index (κ2) is 6.84. The topological polar surface area (TPSA) is 38.5 Å². The summed E-state index contributed by atoms with van der Waals surface area (Å²) in [6.07, 6.45) is 2.45. The maximum absolute atomic E-state index is 6.09. The molecule has 0 saturated carbocycles. The number of hydrogen-bond acceptors (Lipinski definition) is 3. The molecule has 2 N–H and O–H groups in total. The van der Waals surface area contributed by atoms with Gasteiger partial charge in [0, 0.05) is 38.2 Å². The Balaban J connectivity index is 1.54. The smallest absolute Gasteiger partial charge is 0.119 e. The highest BCUT2D eigenvalue weighted by atomic mass is 16.5. The molecular weight excluding hydrogens is 272 g/mol. The number of piperidine rings is 1. The van der Waals surface area contributed by atoms with Gasteiger partial charge in [0.1, 0.15) is 11.9 Å². The predicted octanol–water partition coefficient (Wildman–Crippen LogP) is 3.50. The molecule has 0 unspecified atom stereocenters. The lowest BCUT2D eigenvalue weighted by molar-refractivity contribution is 0.171. The van der Waals surface area contributed by atoms with Crippen LogP contribution < -0.4 is 15.4 Å². The van der Waals surface area contributed by atoms with E-state index in [-0.39, 0.29) is 0 Å². The fourth-order valence-electron chi connectivity index (χ4n) is 2.88. The maximum atomic E-state index is 6.09. The lowest BCUT2D eigenvalue weighted by Crippen LogP contribution is -2.38. The van der Waals surface area contributed by atoms with Gasteiger partial charge in [-0.2, -0.15) is 0 Å². The molecule has 0 spiro atoms. The van der Waals surface area contributed by atoms with Crippen molar-refractivity contribution in [3.63, 3.8) is 0 Å². The summed E-state index contributed by atoms with van der Waals surface area (Å²) in [6.45, 7) is 4.78. The van der Waals surface area contributed by atoms with E-state index in [4.69, 9.17) is 10.5 Å². The third-order valence-corrected chi connectivity index (χ3v) is 4.30. The zero-order valence-corrected chi connectivity index (χ0v) is 13.2. The Morgan fingerprint density at radius 1 is 1.00 bits per heavy atom. The van der Waals surface area contributed by atoms with E-state index in [1.807, 2.05) is 0 Å². The Kier molecular flexibility index (Phi) is 4.64. The number of rotatable bonds is 4. The summed E-state index contributed by atoms with van der Waals surface area (Å²) >= 11 is 0. The molecule has 2 aromatic carbocycles. The molecule has 1 fully saturated rings. The molecule has 1 saturated heterocycles. The van der Waals surface area contributed by atoms with Crippen LogP contribution in [0.3, 0.4) is 0 Å². The number of ether oxygens (including phenoxy) is 1. The van der Waals surface area contributed by atoms with Crippen LogP contribution in [0.5, 0.6) is 5.75 Å². The lowest BCUT2D eigenvalue weighted by Gasteiger charge is -2.33. The third-order valence-electron chi connectivity index (χ3n) is 4.30. The Labute approximate surface area is 132 Å². The molecule has 0 aliphatic carbocycles. The highest BCUT2D eigenvalue weighted by molar-refractivity contribution is 5.48. The Morgan fingerprint density at radius 2 is 1.64 bits per heavy atom. The summed E-state index contributed by atoms with van der Waals surface area (Å²) in [5.41, 5.74) is 9.38. The van der Waals surface area contributed by atoms with Crippen LogP contribution in [0.2, 0.25) is 0 Å². The van der Waals surface area contributed by atoms with E-state index in [2.05, 4.69) is 60.4 Å². The minimum Gasteiger partial charge on any atom is -0.490 e. The standard InChI is InChI=1S/C19H24N2O/c1-15-2-8-18(9-3-15)22-19-10-12-21(13-11-19)17-6-4-16(14-20)5-7-17/h2-9,19H,10-14,20H2,1H3. The van der Waals surface area contributed by atoms with E-state index in [1.165, 1.54) is 16.8 Å². The molecule has 3 nitrogen and oxygen atoms in total. The molecule has 2 aromatic rings. The van der Waals surface area contributed by atoms with Crippen molar-refractivity contribution in [3.05, 3.63) is 59.7 Å². The summed E-state index contributed by atoms with van der Waals surface area (Å²) in [5, 5.41) is 0. The Hall–Kier alpha value is -2.00. The van der Waals surface area contributed by atoms with Crippen molar-refractivity contribution in [2.24, 2.45) is 5.73 Å². The first-order valence-electron chi connectivity index (χ1n) is 8.02. The quantitative estimate of drug-likeness (QED) is 0.938. The molecule has 0 bridgehead atoms. The zero-order valence-electron chi connectivity index (χ0n) is 13.2. The van der Waals surface area contributed by atoms with Crippen molar-refractivity contribution in [1.29, 1.82) is 0 Å². The van der Waals surface area contributed by atoms with Crippen molar-refractivity contribution in [2.75, 3.05) is 18.0 Å². The average molecular weight is 296 g/mol. The van der Waals surface area contributed by atoms with Crippen LogP contribution in [0.1, 0.15) is 24.0 Å². The van der Waals surface area contributed by atoms with Crippen molar-refractivity contribution in [2.45, 2.75) is 32.4 Å². The molecular formula is C19H24N2O. The first kappa shape index (κ1) is 14.9. The van der Waals surface area contributed by atoms with Gasteiger partial charge in [0.15, 0.2) is 0 Å². The van der Waals surface area contributed by atoms with Gasteiger partial charge >= 0.3 is 0 Å². The van der Waals surface area contributed by atoms with E-state index >= 15 is 0 Å². The fraction of sp³-hybridized carbons (Fsp3) is 0.368. The van der Waals surface area contributed by atoms with E-state index in [1.54, 1.807) is 0 Å². The number of aryl methyl sites for hydroxylation is 1. The molecule has 0 atom stereocenters. The summed E-state index contributed by atoms with van der Waals surface area (Å²) in [5.74, 6) is 0.983. The Bertz CT molecular complexity index is 584. The van der Waals surface area contributed by atoms with Crippen LogP contribution >= 0.6 is 0 Å². The van der Waals surface area contributed by atoms with Gasteiger partial charge < -0.3 is 15.4 Å². The molecule has 1 heterocycles. The summed E-state index contributed by atoms with van der Waals surface area (Å²) in [7, 11) is 0. The van der Waals surface area contributed by atoms with Gasteiger partial charge in [-0.25, -0.2) is 0 Å². The van der Waals surface area contributed by atoms with Crippen LogP contribution in [0.15, 0.2) is 48.5 Å². The number of nitrogens with two attached hydrogens (primary N) is 1. The van der Waals surface area contributed by atoms with Gasteiger partial charge in [-0.3, -0.25) is 0 Å². The molecule has 116 valence electrons. The molecule has 1 aliphatic heterocycles. The second-order valence-electron chi connectivity index (χ2n) is 5.99. The minimum atomic E-state index is 0.322. The van der Waals surface area contributed by atoms with E-state index in [0.717, 1.165) is 31.7 Å². The second-order valence-corrected chi connectivity index (χ2v) is 5.99. The van der Waals surface area contributed by atoms with Crippen LogP contribution in [0.25, 0.3) is 0 Å². The van der Waals surface area contributed by atoms with E-state index in [9.17, 15) is 0 Å². The summed E-state index contributed by atoms with van der Waals surface area (Å²) in [4.78, 5) is 2.43. The number of benzene rings is 2. The third kappa shape index (κ3) is 3.60. The van der Waals surface area contributed by atoms with Gasteiger partial charge in [0.25, 0.3) is 0 Å². The Morgan fingerprint density at radius 3 is 2.23 bits per heavy atom. The molecule has 3 heteroatoms. The molecule has 0 amide bonds. The van der Waals surface area contributed by atoms with Crippen LogP contribution in [0.4, 0.5) is 5.69 Å². The van der Waals surface area contributed by atoms with Gasteiger partial charge in [0.2, 0.25) is 0 Å². The molecule has 22 heavy (non-hydrogen) atoms. The van der Waals surface area contributed by atoms with Gasteiger partial charge in [-0.1, -0.05) is 29.8 Å². The number of anilines is 1. The van der Waals surface area contributed by atoms with Crippen molar-refractivity contribution < 1.29 is 4.74 Å². The van der Waals surface area contributed by atoms with Crippen molar-refractivity contribution in [3.8, 4) is 5.75 Å². The molecule has 0 radical (unpaired) electrons. The highest BCUT2D eigenvalue weighted by Crippen LogP contribution is 2.23. The fourth-order valence-corrected chi connectivity index (χ4v) is 2.88. The van der Waals surface area contributed by atoms with Gasteiger partial charge in [-0.15, -0.1) is 0 Å². The summed E-state index contributed by atoms with van der Waals surface area (Å²) in [6, 6.07) is 16.9.